The normalized spacial score (nSPS) is 12.8. The van der Waals surface area contributed by atoms with Crippen LogP contribution in [0, 0.1) is 12.8 Å². The molecule has 2 N–H and O–H groups in total. The molecule has 27 heavy (non-hydrogen) atoms. The molecule has 0 saturated heterocycles. The number of hydrogen-bond donors (Lipinski definition) is 1. The average Bonchev–Trinajstić information content (AvgIpc) is 2.62. The molecular weight excluding hydrogens is 381 g/mol. The number of hydrazine groups is 1. The van der Waals surface area contributed by atoms with E-state index in [2.05, 4.69) is 12.1 Å². The third kappa shape index (κ3) is 5.61. The number of halogens is 2. The fraction of sp³-hybridized carbons (Fsp3) is 0.381. The molecule has 0 aliphatic carbocycles. The summed E-state index contributed by atoms with van der Waals surface area (Å²) in [5.74, 6) is 6.12. The molecule has 2 rings (SSSR count). The molecule has 1 unspecified atom stereocenters. The van der Waals surface area contributed by atoms with Crippen molar-refractivity contribution in [2.24, 2.45) is 16.9 Å². The molecule has 2 aromatic carbocycles. The maximum atomic E-state index is 6.31. The first-order valence-corrected chi connectivity index (χ1v) is 9.77. The molecule has 1 atom stereocenters. The van der Waals surface area contributed by atoms with Crippen LogP contribution in [-0.2, 0) is 17.9 Å². The molecule has 0 radical (unpaired) electrons. The minimum atomic E-state index is 0.205. The average molecular weight is 408 g/mol. The molecule has 0 fully saturated rings. The molecule has 6 heteroatoms. The summed E-state index contributed by atoms with van der Waals surface area (Å²) < 4.78 is 0. The van der Waals surface area contributed by atoms with E-state index in [1.165, 1.54) is 0 Å². The summed E-state index contributed by atoms with van der Waals surface area (Å²) in [7, 11) is 1.81. The smallest absolute Gasteiger partial charge is 0.144 e. The predicted octanol–water partition coefficient (Wildman–Crippen LogP) is 5.77. The van der Waals surface area contributed by atoms with Gasteiger partial charge in [0.15, 0.2) is 0 Å². The second kappa shape index (κ2) is 9.98. The van der Waals surface area contributed by atoms with Crippen LogP contribution >= 0.6 is 23.2 Å². The van der Waals surface area contributed by atoms with E-state index in [0.717, 1.165) is 40.9 Å². The van der Waals surface area contributed by atoms with Gasteiger partial charge in [-0.2, -0.15) is 0 Å². The van der Waals surface area contributed by atoms with Gasteiger partial charge in [0.05, 0.1) is 11.4 Å². The maximum Gasteiger partial charge on any atom is 0.144 e. The van der Waals surface area contributed by atoms with Crippen LogP contribution in [0.5, 0.6) is 0 Å². The van der Waals surface area contributed by atoms with Gasteiger partial charge < -0.3 is 9.85 Å². The zero-order valence-corrected chi connectivity index (χ0v) is 17.8. The van der Waals surface area contributed by atoms with Gasteiger partial charge in [-0.05, 0) is 56.0 Å². The van der Waals surface area contributed by atoms with E-state index in [1.807, 2.05) is 57.3 Å². The first-order valence-electron chi connectivity index (χ1n) is 9.01. The Balaban J connectivity index is 2.10. The second-order valence-electron chi connectivity index (χ2n) is 6.70. The van der Waals surface area contributed by atoms with Crippen molar-refractivity contribution in [3.63, 3.8) is 0 Å². The van der Waals surface area contributed by atoms with Crippen LogP contribution in [0.2, 0.25) is 10.0 Å². The Labute approximate surface area is 171 Å². The Morgan fingerprint density at radius 1 is 1.15 bits per heavy atom. The van der Waals surface area contributed by atoms with Crippen molar-refractivity contribution in [1.82, 2.24) is 0 Å². The van der Waals surface area contributed by atoms with Crippen LogP contribution in [0.15, 0.2) is 41.6 Å². The minimum Gasteiger partial charge on any atom is -0.391 e. The summed E-state index contributed by atoms with van der Waals surface area (Å²) in [5, 5.41) is 7.32. The molecule has 0 spiro atoms. The number of hydrogen-bond acceptors (Lipinski definition) is 4. The molecule has 146 valence electrons. The minimum absolute atomic E-state index is 0.205. The standard InChI is InChI=1S/C21H27Cl2N3O/c1-5-16(12-17-19(22)9-7-10-20(17)23)15(3)25-27-13-18-14(2)8-6-11-21(18)26(4)24/h6-11,16H,5,12-13,24H2,1-4H3. The molecule has 0 aromatic heterocycles. The Hall–Kier alpha value is -1.75. The summed E-state index contributed by atoms with van der Waals surface area (Å²) >= 11 is 12.6. The van der Waals surface area contributed by atoms with Gasteiger partial charge in [-0.1, -0.05) is 53.5 Å². The zero-order valence-electron chi connectivity index (χ0n) is 16.3. The quantitative estimate of drug-likeness (QED) is 0.343. The van der Waals surface area contributed by atoms with Crippen molar-refractivity contribution in [3.05, 3.63) is 63.1 Å². The van der Waals surface area contributed by atoms with Gasteiger partial charge >= 0.3 is 0 Å². The van der Waals surface area contributed by atoms with Crippen molar-refractivity contribution in [3.8, 4) is 0 Å². The van der Waals surface area contributed by atoms with Crippen LogP contribution in [0.1, 0.15) is 37.0 Å². The largest absolute Gasteiger partial charge is 0.391 e. The zero-order chi connectivity index (χ0) is 20.0. The maximum absolute atomic E-state index is 6.31. The summed E-state index contributed by atoms with van der Waals surface area (Å²) in [6.07, 6.45) is 1.65. The number of nitrogens with two attached hydrogens (primary N) is 1. The van der Waals surface area contributed by atoms with E-state index >= 15 is 0 Å². The number of benzene rings is 2. The van der Waals surface area contributed by atoms with Crippen LogP contribution in [-0.4, -0.2) is 12.8 Å². The highest BCUT2D eigenvalue weighted by Gasteiger charge is 2.16. The van der Waals surface area contributed by atoms with Crippen LogP contribution in [0.4, 0.5) is 5.69 Å². The lowest BCUT2D eigenvalue weighted by molar-refractivity contribution is 0.128. The Kier molecular flexibility index (Phi) is 7.96. The lowest BCUT2D eigenvalue weighted by Crippen LogP contribution is -2.26. The topological polar surface area (TPSA) is 50.8 Å². The third-order valence-electron chi connectivity index (χ3n) is 4.78. The van der Waals surface area contributed by atoms with E-state index in [0.29, 0.717) is 16.7 Å². The molecule has 0 heterocycles. The molecule has 0 aliphatic rings. The van der Waals surface area contributed by atoms with Gasteiger partial charge in [0.25, 0.3) is 0 Å². The summed E-state index contributed by atoms with van der Waals surface area (Å²) in [4.78, 5) is 5.67. The second-order valence-corrected chi connectivity index (χ2v) is 7.51. The molecule has 4 nitrogen and oxygen atoms in total. The highest BCUT2D eigenvalue weighted by atomic mass is 35.5. The first kappa shape index (κ1) is 21.5. The number of nitrogens with zero attached hydrogens (tertiary/aromatic N) is 2. The highest BCUT2D eigenvalue weighted by Crippen LogP contribution is 2.28. The van der Waals surface area contributed by atoms with Crippen molar-refractivity contribution >= 4 is 34.6 Å². The van der Waals surface area contributed by atoms with E-state index in [9.17, 15) is 0 Å². The first-order chi connectivity index (χ1) is 12.8. The van der Waals surface area contributed by atoms with Crippen molar-refractivity contribution in [2.45, 2.75) is 40.2 Å². The molecule has 0 saturated carbocycles. The Bertz CT molecular complexity index is 786. The molecule has 0 amide bonds. The summed E-state index contributed by atoms with van der Waals surface area (Å²) in [5.41, 5.74) is 4.95. The van der Waals surface area contributed by atoms with E-state index in [-0.39, 0.29) is 5.92 Å². The predicted molar refractivity (Wildman–Crippen MR) is 116 cm³/mol. The Morgan fingerprint density at radius 3 is 2.37 bits per heavy atom. The van der Waals surface area contributed by atoms with Gasteiger partial charge in [-0.3, -0.25) is 0 Å². The van der Waals surface area contributed by atoms with Crippen molar-refractivity contribution < 1.29 is 4.84 Å². The summed E-state index contributed by atoms with van der Waals surface area (Å²) in [6, 6.07) is 11.6. The van der Waals surface area contributed by atoms with E-state index in [1.54, 1.807) is 5.01 Å². The lowest BCUT2D eigenvalue weighted by atomic mass is 9.93. The number of anilines is 1. The molecule has 2 aromatic rings. The van der Waals surface area contributed by atoms with Gasteiger partial charge in [0.2, 0.25) is 0 Å². The van der Waals surface area contributed by atoms with E-state index < -0.39 is 0 Å². The Morgan fingerprint density at radius 2 is 1.78 bits per heavy atom. The van der Waals surface area contributed by atoms with Crippen LogP contribution < -0.4 is 10.9 Å². The number of aryl methyl sites for hydroxylation is 1. The van der Waals surface area contributed by atoms with Gasteiger partial charge in [0, 0.05) is 28.6 Å². The number of oxime groups is 1. The fourth-order valence-electron chi connectivity index (χ4n) is 3.04. The van der Waals surface area contributed by atoms with Gasteiger partial charge in [-0.25, -0.2) is 5.84 Å². The van der Waals surface area contributed by atoms with Crippen molar-refractivity contribution in [1.29, 1.82) is 0 Å². The van der Waals surface area contributed by atoms with Crippen molar-refractivity contribution in [2.75, 3.05) is 12.1 Å². The lowest BCUT2D eigenvalue weighted by Gasteiger charge is -2.19. The van der Waals surface area contributed by atoms with Gasteiger partial charge in [-0.15, -0.1) is 0 Å². The SMILES string of the molecule is CCC(Cc1c(Cl)cccc1Cl)C(C)=NOCc1c(C)cccc1N(C)N. The molecule has 0 aliphatic heterocycles. The monoisotopic (exact) mass is 407 g/mol. The van der Waals surface area contributed by atoms with E-state index in [4.69, 9.17) is 33.9 Å². The highest BCUT2D eigenvalue weighted by molar-refractivity contribution is 6.36. The van der Waals surface area contributed by atoms with Crippen LogP contribution in [0.3, 0.4) is 0 Å². The third-order valence-corrected chi connectivity index (χ3v) is 5.49. The molecule has 0 bridgehead atoms. The summed E-state index contributed by atoms with van der Waals surface area (Å²) in [6.45, 7) is 6.50. The van der Waals surface area contributed by atoms with Gasteiger partial charge in [0.1, 0.15) is 6.61 Å². The number of rotatable bonds is 8. The fourth-order valence-corrected chi connectivity index (χ4v) is 3.59. The van der Waals surface area contributed by atoms with Crippen LogP contribution in [0.25, 0.3) is 0 Å². The molecular formula is C21H27Cl2N3O.